The fraction of sp³-hybridized carbons (Fsp3) is 0.280. The van der Waals surface area contributed by atoms with Gasteiger partial charge in [-0.2, -0.15) is 5.26 Å². The number of nitrogens with zero attached hydrogens (tertiary/aromatic N) is 4. The maximum Gasteiger partial charge on any atom is 0.252 e. The van der Waals surface area contributed by atoms with Gasteiger partial charge in [-0.3, -0.25) is 4.79 Å². The van der Waals surface area contributed by atoms with Gasteiger partial charge in [-0.05, 0) is 35.9 Å². The van der Waals surface area contributed by atoms with Crippen LogP contribution in [0.3, 0.4) is 0 Å². The number of rotatable bonds is 6. The number of aromatic nitrogens is 2. The Morgan fingerprint density at radius 3 is 2.50 bits per heavy atom. The van der Waals surface area contributed by atoms with Gasteiger partial charge in [0, 0.05) is 42.5 Å². The molecule has 5 rings (SSSR count). The highest BCUT2D eigenvalue weighted by Gasteiger charge is 2.48. The Bertz CT molecular complexity index is 1160. The number of hydrogen-bond donors (Lipinski definition) is 1. The second kappa shape index (κ2) is 8.40. The molecule has 2 aromatic carbocycles. The molecular formula is C25H23N5O2. The molecular weight excluding hydrogens is 402 g/mol. The molecule has 0 unspecified atom stereocenters. The maximum absolute atomic E-state index is 12.0. The normalized spacial score (nSPS) is 16.0. The van der Waals surface area contributed by atoms with Crippen LogP contribution in [-0.2, 0) is 11.2 Å². The first-order chi connectivity index (χ1) is 15.6. The van der Waals surface area contributed by atoms with E-state index in [0.29, 0.717) is 17.4 Å². The number of hydrogen-bond acceptors (Lipinski definition) is 6. The largest absolute Gasteiger partial charge is 0.380 e. The minimum absolute atomic E-state index is 0.00932. The lowest BCUT2D eigenvalue weighted by molar-refractivity contribution is -0.127. The summed E-state index contributed by atoms with van der Waals surface area (Å²) >= 11 is 0. The lowest BCUT2D eigenvalue weighted by Gasteiger charge is -2.56. The third-order valence-corrected chi connectivity index (χ3v) is 6.01. The van der Waals surface area contributed by atoms with Crippen LogP contribution >= 0.6 is 0 Å². The molecule has 1 amide bonds. The Balaban J connectivity index is 1.23. The van der Waals surface area contributed by atoms with Gasteiger partial charge in [0.15, 0.2) is 0 Å². The summed E-state index contributed by atoms with van der Waals surface area (Å²) in [4.78, 5) is 23.5. The van der Waals surface area contributed by atoms with Gasteiger partial charge < -0.3 is 15.0 Å². The van der Waals surface area contributed by atoms with Crippen LogP contribution in [-0.4, -0.2) is 48.7 Å². The molecule has 3 heterocycles. The van der Waals surface area contributed by atoms with Gasteiger partial charge >= 0.3 is 0 Å². The summed E-state index contributed by atoms with van der Waals surface area (Å²) in [6.07, 6.45) is 2.42. The molecule has 1 aromatic heterocycles. The van der Waals surface area contributed by atoms with Crippen molar-refractivity contribution in [2.45, 2.75) is 6.42 Å². The van der Waals surface area contributed by atoms with Crippen LogP contribution in [0.2, 0.25) is 0 Å². The van der Waals surface area contributed by atoms with Crippen molar-refractivity contribution in [1.29, 1.82) is 5.26 Å². The van der Waals surface area contributed by atoms with E-state index in [4.69, 9.17) is 15.0 Å². The van der Waals surface area contributed by atoms with Gasteiger partial charge in [0.2, 0.25) is 0 Å². The molecule has 1 spiro atoms. The molecule has 160 valence electrons. The third-order valence-electron chi connectivity index (χ3n) is 6.01. The first-order valence-corrected chi connectivity index (χ1v) is 10.6. The Hall–Kier alpha value is -3.76. The molecule has 2 fully saturated rings. The molecule has 2 aliphatic heterocycles. The van der Waals surface area contributed by atoms with E-state index in [1.54, 1.807) is 18.3 Å². The molecule has 3 aromatic rings. The number of nitrogens with one attached hydrogen (secondary N) is 1. The number of ether oxygens (including phenoxy) is 1. The zero-order valence-electron chi connectivity index (χ0n) is 17.6. The van der Waals surface area contributed by atoms with Crippen molar-refractivity contribution < 1.29 is 9.53 Å². The molecule has 2 saturated heterocycles. The number of carbonyl (C=O) groups is 1. The standard InChI is InChI=1S/C25H23N5O2/c26-10-12-28-24(31)20-5-3-19(4-6-20)22-9-11-27-23(29-22)13-18-1-7-21(8-2-18)30-14-25(15-30)16-32-17-25/h1-9,11H,12-17H2,(H,28,31). The van der Waals surface area contributed by atoms with E-state index in [1.807, 2.05) is 24.3 Å². The van der Waals surface area contributed by atoms with Crippen LogP contribution < -0.4 is 10.2 Å². The highest BCUT2D eigenvalue weighted by atomic mass is 16.5. The van der Waals surface area contributed by atoms with Crippen LogP contribution in [0.15, 0.2) is 60.8 Å². The monoisotopic (exact) mass is 425 g/mol. The summed E-state index contributed by atoms with van der Waals surface area (Å²) in [5, 5.41) is 11.1. The summed E-state index contributed by atoms with van der Waals surface area (Å²) in [5.74, 6) is 0.486. The molecule has 2 aliphatic rings. The molecule has 0 aliphatic carbocycles. The molecule has 1 N–H and O–H groups in total. The molecule has 0 radical (unpaired) electrons. The summed E-state index contributed by atoms with van der Waals surface area (Å²) < 4.78 is 5.35. The first kappa shape index (κ1) is 20.2. The SMILES string of the molecule is N#CCNC(=O)c1ccc(-c2ccnc(Cc3ccc(N4CC5(COC5)C4)cc3)n2)cc1. The summed E-state index contributed by atoms with van der Waals surface area (Å²) in [7, 11) is 0. The van der Waals surface area contributed by atoms with Gasteiger partial charge in [0.05, 0.1) is 30.4 Å². The average molecular weight is 425 g/mol. The zero-order valence-corrected chi connectivity index (χ0v) is 17.6. The van der Waals surface area contributed by atoms with E-state index in [0.717, 1.165) is 48.9 Å². The fourth-order valence-corrected chi connectivity index (χ4v) is 4.19. The summed E-state index contributed by atoms with van der Waals surface area (Å²) in [5.41, 5.74) is 5.05. The van der Waals surface area contributed by atoms with Gasteiger partial charge in [-0.25, -0.2) is 9.97 Å². The van der Waals surface area contributed by atoms with Crippen molar-refractivity contribution in [1.82, 2.24) is 15.3 Å². The molecule has 0 bridgehead atoms. The highest BCUT2D eigenvalue weighted by Crippen LogP contribution is 2.40. The van der Waals surface area contributed by atoms with Crippen molar-refractivity contribution in [3.05, 3.63) is 77.7 Å². The molecule has 7 heteroatoms. The molecule has 7 nitrogen and oxygen atoms in total. The zero-order chi connectivity index (χ0) is 22.0. The Morgan fingerprint density at radius 1 is 1.09 bits per heavy atom. The minimum atomic E-state index is -0.265. The maximum atomic E-state index is 12.0. The predicted octanol–water partition coefficient (Wildman–Crippen LogP) is 2.82. The van der Waals surface area contributed by atoms with Crippen molar-refractivity contribution in [3.63, 3.8) is 0 Å². The molecule has 0 saturated carbocycles. The van der Waals surface area contributed by atoms with Crippen molar-refractivity contribution >= 4 is 11.6 Å². The van der Waals surface area contributed by atoms with E-state index in [-0.39, 0.29) is 12.5 Å². The fourth-order valence-electron chi connectivity index (χ4n) is 4.19. The van der Waals surface area contributed by atoms with Crippen LogP contribution in [0.1, 0.15) is 21.7 Å². The van der Waals surface area contributed by atoms with Crippen molar-refractivity contribution in [3.8, 4) is 17.3 Å². The number of carbonyl (C=O) groups excluding carboxylic acids is 1. The smallest absolute Gasteiger partial charge is 0.252 e. The number of amides is 1. The summed E-state index contributed by atoms with van der Waals surface area (Å²) in [6, 6.07) is 19.6. The van der Waals surface area contributed by atoms with Crippen LogP contribution in [0, 0.1) is 16.7 Å². The van der Waals surface area contributed by atoms with E-state index >= 15 is 0 Å². The second-order valence-electron chi connectivity index (χ2n) is 8.47. The summed E-state index contributed by atoms with van der Waals surface area (Å²) in [6.45, 7) is 3.94. The second-order valence-corrected chi connectivity index (χ2v) is 8.47. The van der Waals surface area contributed by atoms with Gasteiger partial charge in [0.1, 0.15) is 12.4 Å². The third kappa shape index (κ3) is 4.05. The Kier molecular flexibility index (Phi) is 5.29. The molecule has 32 heavy (non-hydrogen) atoms. The van der Waals surface area contributed by atoms with Crippen molar-refractivity contribution in [2.24, 2.45) is 5.41 Å². The van der Waals surface area contributed by atoms with E-state index in [1.165, 1.54) is 5.69 Å². The van der Waals surface area contributed by atoms with Crippen LogP contribution in [0.4, 0.5) is 5.69 Å². The molecule has 0 atom stereocenters. The lowest BCUT2D eigenvalue weighted by atomic mass is 9.78. The van der Waals surface area contributed by atoms with E-state index in [2.05, 4.69) is 39.5 Å². The van der Waals surface area contributed by atoms with Crippen molar-refractivity contribution in [2.75, 3.05) is 37.7 Å². The van der Waals surface area contributed by atoms with Crippen LogP contribution in [0.25, 0.3) is 11.3 Å². The van der Waals surface area contributed by atoms with E-state index < -0.39 is 0 Å². The average Bonchev–Trinajstić information content (AvgIpc) is 2.77. The Labute approximate surface area is 186 Å². The highest BCUT2D eigenvalue weighted by molar-refractivity contribution is 5.94. The Morgan fingerprint density at radius 2 is 1.84 bits per heavy atom. The number of nitriles is 1. The number of benzene rings is 2. The first-order valence-electron chi connectivity index (χ1n) is 10.6. The van der Waals surface area contributed by atoms with E-state index in [9.17, 15) is 4.79 Å². The van der Waals surface area contributed by atoms with Gasteiger partial charge in [-0.15, -0.1) is 0 Å². The predicted molar refractivity (Wildman–Crippen MR) is 120 cm³/mol. The quantitative estimate of drug-likeness (QED) is 0.611. The topological polar surface area (TPSA) is 91.1 Å². The number of anilines is 1. The van der Waals surface area contributed by atoms with Crippen LogP contribution in [0.5, 0.6) is 0 Å². The minimum Gasteiger partial charge on any atom is -0.380 e. The lowest BCUT2D eigenvalue weighted by Crippen LogP contribution is -2.66. The van der Waals surface area contributed by atoms with Gasteiger partial charge in [0.25, 0.3) is 5.91 Å². The van der Waals surface area contributed by atoms with Gasteiger partial charge in [-0.1, -0.05) is 24.3 Å².